The van der Waals surface area contributed by atoms with E-state index in [-0.39, 0.29) is 23.4 Å². The summed E-state index contributed by atoms with van der Waals surface area (Å²) in [4.78, 5) is 9.99. The van der Waals surface area contributed by atoms with Crippen molar-refractivity contribution in [3.63, 3.8) is 0 Å². The van der Waals surface area contributed by atoms with Crippen molar-refractivity contribution in [2.24, 2.45) is 0 Å². The standard InChI is InChI=1S/C12H16ClNO5S/c1-3-12(13,20(18,19)4-2)11(15)9-5-7-10(8-6-9)14(16)17/h5-8,11,15H,3-4H2,1-2H3. The van der Waals surface area contributed by atoms with Crippen molar-refractivity contribution in [3.05, 3.63) is 39.9 Å². The van der Waals surface area contributed by atoms with E-state index in [2.05, 4.69) is 0 Å². The Balaban J connectivity index is 3.21. The van der Waals surface area contributed by atoms with Gasteiger partial charge in [-0.1, -0.05) is 25.4 Å². The number of nitrogens with zero attached hydrogens (tertiary/aromatic N) is 1. The maximum atomic E-state index is 12.0. The van der Waals surface area contributed by atoms with Gasteiger partial charge in [0.2, 0.25) is 0 Å². The van der Waals surface area contributed by atoms with E-state index in [1.165, 1.54) is 31.2 Å². The molecule has 2 atom stereocenters. The minimum atomic E-state index is -3.70. The molecule has 0 saturated carbocycles. The lowest BCUT2D eigenvalue weighted by Crippen LogP contribution is -2.39. The minimum absolute atomic E-state index is 0.0167. The number of halogens is 1. The van der Waals surface area contributed by atoms with E-state index in [0.29, 0.717) is 0 Å². The van der Waals surface area contributed by atoms with Crippen LogP contribution >= 0.6 is 11.6 Å². The second kappa shape index (κ2) is 6.07. The number of aliphatic hydroxyl groups excluding tert-OH is 1. The number of hydrogen-bond donors (Lipinski definition) is 1. The molecule has 0 radical (unpaired) electrons. The first kappa shape index (κ1) is 16.9. The fourth-order valence-corrected chi connectivity index (χ4v) is 3.70. The molecule has 1 rings (SSSR count). The number of sulfone groups is 1. The molecule has 0 aliphatic heterocycles. The molecule has 1 aromatic rings. The van der Waals surface area contributed by atoms with E-state index < -0.39 is 25.1 Å². The average Bonchev–Trinajstić information content (AvgIpc) is 2.45. The van der Waals surface area contributed by atoms with Gasteiger partial charge in [-0.25, -0.2) is 8.42 Å². The van der Waals surface area contributed by atoms with Crippen LogP contribution in [0, 0.1) is 10.1 Å². The highest BCUT2D eigenvalue weighted by atomic mass is 35.5. The van der Waals surface area contributed by atoms with Crippen LogP contribution in [0.2, 0.25) is 0 Å². The fourth-order valence-electron chi connectivity index (χ4n) is 1.85. The number of non-ortho nitro benzene ring substituents is 1. The van der Waals surface area contributed by atoms with Crippen LogP contribution in [-0.4, -0.2) is 28.4 Å². The molecule has 0 amide bonds. The van der Waals surface area contributed by atoms with E-state index in [4.69, 9.17) is 11.6 Å². The predicted molar refractivity (Wildman–Crippen MR) is 76.4 cm³/mol. The molecule has 0 heterocycles. The van der Waals surface area contributed by atoms with Gasteiger partial charge in [0.05, 0.1) is 4.92 Å². The van der Waals surface area contributed by atoms with Crippen LogP contribution in [0.1, 0.15) is 31.9 Å². The van der Waals surface area contributed by atoms with Crippen molar-refractivity contribution in [2.75, 3.05) is 5.75 Å². The molecule has 0 aromatic heterocycles. The van der Waals surface area contributed by atoms with Crippen molar-refractivity contribution < 1.29 is 18.4 Å². The van der Waals surface area contributed by atoms with Crippen LogP contribution in [0.15, 0.2) is 24.3 Å². The van der Waals surface area contributed by atoms with Gasteiger partial charge < -0.3 is 5.11 Å². The van der Waals surface area contributed by atoms with Crippen molar-refractivity contribution in [1.29, 1.82) is 0 Å². The summed E-state index contributed by atoms with van der Waals surface area (Å²) in [6.07, 6.45) is -1.44. The lowest BCUT2D eigenvalue weighted by molar-refractivity contribution is -0.384. The predicted octanol–water partition coefficient (Wildman–Crippen LogP) is 2.41. The average molecular weight is 322 g/mol. The Kier molecular flexibility index (Phi) is 5.12. The van der Waals surface area contributed by atoms with E-state index in [0.717, 1.165) is 0 Å². The maximum absolute atomic E-state index is 12.0. The highest BCUT2D eigenvalue weighted by molar-refractivity contribution is 7.94. The van der Waals surface area contributed by atoms with Gasteiger partial charge >= 0.3 is 0 Å². The largest absolute Gasteiger partial charge is 0.385 e. The SMILES string of the molecule is CCC(Cl)(C(O)c1ccc([N+](=O)[O-])cc1)S(=O)(=O)CC. The van der Waals surface area contributed by atoms with Gasteiger partial charge in [0.15, 0.2) is 14.0 Å². The minimum Gasteiger partial charge on any atom is -0.385 e. The van der Waals surface area contributed by atoms with Gasteiger partial charge in [-0.05, 0) is 24.1 Å². The number of alkyl halides is 1. The molecule has 112 valence electrons. The molecule has 8 heteroatoms. The van der Waals surface area contributed by atoms with Crippen molar-refractivity contribution in [2.45, 2.75) is 30.6 Å². The maximum Gasteiger partial charge on any atom is 0.269 e. The third-order valence-electron chi connectivity index (χ3n) is 3.21. The fraction of sp³-hybridized carbons (Fsp3) is 0.500. The van der Waals surface area contributed by atoms with Crippen LogP contribution < -0.4 is 0 Å². The zero-order valence-corrected chi connectivity index (χ0v) is 12.7. The molecule has 0 fully saturated rings. The highest BCUT2D eigenvalue weighted by Gasteiger charge is 2.46. The molecule has 0 spiro atoms. The van der Waals surface area contributed by atoms with Crippen LogP contribution in [0.4, 0.5) is 5.69 Å². The normalized spacial score (nSPS) is 16.4. The number of hydrogen-bond acceptors (Lipinski definition) is 5. The zero-order valence-electron chi connectivity index (χ0n) is 11.1. The molecular weight excluding hydrogens is 306 g/mol. The molecule has 2 unspecified atom stereocenters. The summed E-state index contributed by atoms with van der Waals surface area (Å²) in [7, 11) is -3.70. The Morgan fingerprint density at radius 3 is 2.20 bits per heavy atom. The van der Waals surface area contributed by atoms with Crippen molar-refractivity contribution >= 4 is 27.1 Å². The van der Waals surface area contributed by atoms with Gasteiger partial charge in [0, 0.05) is 17.9 Å². The van der Waals surface area contributed by atoms with E-state index in [9.17, 15) is 23.6 Å². The number of rotatable bonds is 6. The molecule has 20 heavy (non-hydrogen) atoms. The first-order valence-electron chi connectivity index (χ1n) is 6.03. The summed E-state index contributed by atoms with van der Waals surface area (Å²) in [6.45, 7) is 3.01. The zero-order chi connectivity index (χ0) is 15.6. The van der Waals surface area contributed by atoms with Gasteiger partial charge in [-0.3, -0.25) is 10.1 Å². The summed E-state index contributed by atoms with van der Waals surface area (Å²) in [6, 6.07) is 5.01. The van der Waals surface area contributed by atoms with Gasteiger partial charge in [0.25, 0.3) is 5.69 Å². The van der Waals surface area contributed by atoms with Gasteiger partial charge in [-0.2, -0.15) is 0 Å². The Morgan fingerprint density at radius 1 is 1.35 bits per heavy atom. The van der Waals surface area contributed by atoms with Crippen LogP contribution in [0.5, 0.6) is 0 Å². The summed E-state index contributed by atoms with van der Waals surface area (Å²) in [5.41, 5.74) is 0.0837. The number of nitro benzene ring substituents is 1. The monoisotopic (exact) mass is 321 g/mol. The van der Waals surface area contributed by atoms with Crippen molar-refractivity contribution in [1.82, 2.24) is 0 Å². The third-order valence-corrected chi connectivity index (χ3v) is 6.69. The molecule has 0 aliphatic rings. The molecule has 0 aliphatic carbocycles. The van der Waals surface area contributed by atoms with E-state index in [1.54, 1.807) is 6.92 Å². The Hall–Kier alpha value is -1.18. The van der Waals surface area contributed by atoms with E-state index in [1.807, 2.05) is 0 Å². The smallest absolute Gasteiger partial charge is 0.269 e. The molecule has 1 aromatic carbocycles. The third kappa shape index (κ3) is 2.94. The quantitative estimate of drug-likeness (QED) is 0.493. The Morgan fingerprint density at radius 2 is 1.85 bits per heavy atom. The van der Waals surface area contributed by atoms with Crippen molar-refractivity contribution in [3.8, 4) is 0 Å². The summed E-state index contributed by atoms with van der Waals surface area (Å²) in [5, 5.41) is 20.8. The number of benzene rings is 1. The lowest BCUT2D eigenvalue weighted by Gasteiger charge is -2.30. The first-order valence-corrected chi connectivity index (χ1v) is 8.06. The molecule has 6 nitrogen and oxygen atoms in total. The molecule has 0 bridgehead atoms. The Labute approximate surface area is 122 Å². The molecular formula is C12H16ClNO5S. The van der Waals surface area contributed by atoms with Crippen LogP contribution in [-0.2, 0) is 9.84 Å². The molecule has 1 N–H and O–H groups in total. The number of aliphatic hydroxyl groups is 1. The summed E-state index contributed by atoms with van der Waals surface area (Å²) >= 11 is 6.13. The van der Waals surface area contributed by atoms with E-state index >= 15 is 0 Å². The van der Waals surface area contributed by atoms with Gasteiger partial charge in [-0.15, -0.1) is 0 Å². The van der Waals surface area contributed by atoms with Gasteiger partial charge in [0.1, 0.15) is 6.10 Å². The number of nitro groups is 1. The van der Waals surface area contributed by atoms with Crippen LogP contribution in [0.3, 0.4) is 0 Å². The van der Waals surface area contributed by atoms with Crippen LogP contribution in [0.25, 0.3) is 0 Å². The Bertz CT molecular complexity index is 586. The lowest BCUT2D eigenvalue weighted by atomic mass is 10.0. The highest BCUT2D eigenvalue weighted by Crippen LogP contribution is 2.40. The first-order chi connectivity index (χ1) is 9.19. The second-order valence-electron chi connectivity index (χ2n) is 4.29. The summed E-state index contributed by atoms with van der Waals surface area (Å²) in [5.74, 6) is -0.200. The second-order valence-corrected chi connectivity index (χ2v) is 7.73. The molecule has 0 saturated heterocycles. The summed E-state index contributed by atoms with van der Waals surface area (Å²) < 4.78 is 22.2. The topological polar surface area (TPSA) is 97.5 Å².